The molecule has 1 aliphatic carbocycles. The number of rotatable bonds is 7. The molecule has 152 valence electrons. The number of ether oxygens (including phenoxy) is 1. The zero-order valence-electron chi connectivity index (χ0n) is 16.4. The first-order valence-electron chi connectivity index (χ1n) is 9.63. The van der Waals surface area contributed by atoms with Gasteiger partial charge in [-0.15, -0.1) is 0 Å². The summed E-state index contributed by atoms with van der Waals surface area (Å²) in [5.41, 5.74) is 12.1. The molecule has 4 N–H and O–H groups in total. The molecule has 0 radical (unpaired) electrons. The van der Waals surface area contributed by atoms with Crippen molar-refractivity contribution in [1.82, 2.24) is 9.97 Å². The molecule has 0 spiro atoms. The molecule has 2 atom stereocenters. The molecule has 3 rings (SSSR count). The lowest BCUT2D eigenvalue weighted by molar-refractivity contribution is -0.430. The maximum atomic E-state index is 11.4. The van der Waals surface area contributed by atoms with Gasteiger partial charge in [0.1, 0.15) is 17.1 Å². The number of nitrogens with zero attached hydrogens (tertiary/aromatic N) is 4. The first-order valence-corrected chi connectivity index (χ1v) is 9.63. The summed E-state index contributed by atoms with van der Waals surface area (Å²) in [6, 6.07) is 2.25. The Morgan fingerprint density at radius 3 is 2.93 bits per heavy atom. The van der Waals surface area contributed by atoms with Crippen LogP contribution in [0, 0.1) is 10.1 Å². The number of nitro groups is 1. The summed E-state index contributed by atoms with van der Waals surface area (Å²) >= 11 is 0. The molecule has 2 aliphatic rings. The Hall–Kier alpha value is -2.52. The number of allylic oxidation sites excluding steroid dienone is 1. The summed E-state index contributed by atoms with van der Waals surface area (Å²) in [5.74, 6) is 1.19. The minimum Gasteiger partial charge on any atom is -0.393 e. The second kappa shape index (κ2) is 8.24. The minimum atomic E-state index is -1.17. The van der Waals surface area contributed by atoms with Crippen LogP contribution in [0.1, 0.15) is 44.1 Å². The van der Waals surface area contributed by atoms with Gasteiger partial charge in [0.15, 0.2) is 5.82 Å². The third-order valence-corrected chi connectivity index (χ3v) is 5.29. The van der Waals surface area contributed by atoms with Gasteiger partial charge in [-0.1, -0.05) is 19.4 Å². The van der Waals surface area contributed by atoms with Gasteiger partial charge in [-0.25, -0.2) is 9.97 Å². The Kier molecular flexibility index (Phi) is 5.95. The number of methoxy groups -OCH3 is 1. The van der Waals surface area contributed by atoms with Gasteiger partial charge in [0.25, 0.3) is 5.70 Å². The van der Waals surface area contributed by atoms with Gasteiger partial charge in [0, 0.05) is 25.4 Å². The van der Waals surface area contributed by atoms with E-state index in [1.165, 1.54) is 6.08 Å². The fourth-order valence-corrected chi connectivity index (χ4v) is 3.82. The molecule has 2 heterocycles. The standard InChI is InChI=1S/C19H28N6O3/c1-3-5-13-10-17(24-9-4-6-14(24)12-28-2)23-18(22-13)19(21)8-7-15(20)16(11-19)25(26)27/h7-8,10,14H,3-6,9,11-12,20-21H2,1-2H3. The van der Waals surface area contributed by atoms with Crippen LogP contribution in [-0.4, -0.2) is 41.2 Å². The van der Waals surface area contributed by atoms with Crippen LogP contribution in [0.15, 0.2) is 29.6 Å². The topological polar surface area (TPSA) is 133 Å². The van der Waals surface area contributed by atoms with E-state index in [1.807, 2.05) is 6.07 Å². The van der Waals surface area contributed by atoms with Crippen molar-refractivity contribution in [2.75, 3.05) is 25.2 Å². The van der Waals surface area contributed by atoms with E-state index in [0.29, 0.717) is 12.4 Å². The Morgan fingerprint density at radius 1 is 1.46 bits per heavy atom. The maximum absolute atomic E-state index is 11.4. The molecule has 9 heteroatoms. The molecule has 2 unspecified atom stereocenters. The van der Waals surface area contributed by atoms with Crippen molar-refractivity contribution in [3.63, 3.8) is 0 Å². The fraction of sp³-hybridized carbons (Fsp3) is 0.579. The molecule has 1 aliphatic heterocycles. The van der Waals surface area contributed by atoms with Gasteiger partial charge < -0.3 is 21.1 Å². The molecule has 0 aromatic carbocycles. The minimum absolute atomic E-state index is 0.0428. The van der Waals surface area contributed by atoms with E-state index in [1.54, 1.807) is 13.2 Å². The predicted molar refractivity (Wildman–Crippen MR) is 106 cm³/mol. The number of aryl methyl sites for hydroxylation is 1. The van der Waals surface area contributed by atoms with Crippen molar-refractivity contribution in [2.24, 2.45) is 11.5 Å². The normalized spacial score (nSPS) is 24.8. The van der Waals surface area contributed by atoms with Crippen LogP contribution < -0.4 is 16.4 Å². The fourth-order valence-electron chi connectivity index (χ4n) is 3.82. The molecular weight excluding hydrogens is 360 g/mol. The third-order valence-electron chi connectivity index (χ3n) is 5.29. The highest BCUT2D eigenvalue weighted by molar-refractivity contribution is 5.45. The average Bonchev–Trinajstić information content (AvgIpc) is 3.12. The van der Waals surface area contributed by atoms with Gasteiger partial charge in [-0.3, -0.25) is 10.1 Å². The van der Waals surface area contributed by atoms with Crippen LogP contribution in [0.4, 0.5) is 5.82 Å². The lowest BCUT2D eigenvalue weighted by atomic mass is 9.88. The molecule has 1 aromatic heterocycles. The second-order valence-electron chi connectivity index (χ2n) is 7.45. The van der Waals surface area contributed by atoms with Crippen molar-refractivity contribution >= 4 is 5.82 Å². The Morgan fingerprint density at radius 2 is 2.25 bits per heavy atom. The highest BCUT2D eigenvalue weighted by atomic mass is 16.6. The molecule has 0 amide bonds. The molecule has 1 fully saturated rings. The molecular formula is C19H28N6O3. The quantitative estimate of drug-likeness (QED) is 0.531. The van der Waals surface area contributed by atoms with Gasteiger partial charge in [0.05, 0.1) is 24.0 Å². The summed E-state index contributed by atoms with van der Waals surface area (Å²) in [7, 11) is 1.70. The van der Waals surface area contributed by atoms with Crippen LogP contribution in [0.3, 0.4) is 0 Å². The van der Waals surface area contributed by atoms with E-state index in [-0.39, 0.29) is 23.9 Å². The summed E-state index contributed by atoms with van der Waals surface area (Å²) in [4.78, 5) is 22.5. The maximum Gasteiger partial charge on any atom is 0.271 e. The zero-order valence-corrected chi connectivity index (χ0v) is 16.4. The molecule has 0 bridgehead atoms. The molecule has 0 saturated carbocycles. The first kappa shape index (κ1) is 20.2. The number of hydrogen-bond acceptors (Lipinski definition) is 8. The van der Waals surface area contributed by atoms with Crippen molar-refractivity contribution in [3.05, 3.63) is 51.2 Å². The van der Waals surface area contributed by atoms with E-state index in [9.17, 15) is 10.1 Å². The van der Waals surface area contributed by atoms with Crippen LogP contribution in [0.5, 0.6) is 0 Å². The number of hydrogen-bond donors (Lipinski definition) is 2. The summed E-state index contributed by atoms with van der Waals surface area (Å²) in [6.45, 7) is 3.59. The number of aromatic nitrogens is 2. The zero-order chi connectivity index (χ0) is 20.3. The first-order chi connectivity index (χ1) is 13.4. The number of anilines is 1. The Bertz CT molecular complexity index is 809. The van der Waals surface area contributed by atoms with Crippen LogP contribution in [0.2, 0.25) is 0 Å². The lowest BCUT2D eigenvalue weighted by Gasteiger charge is -2.30. The van der Waals surface area contributed by atoms with E-state index >= 15 is 0 Å². The smallest absolute Gasteiger partial charge is 0.271 e. The second-order valence-corrected chi connectivity index (χ2v) is 7.45. The van der Waals surface area contributed by atoms with E-state index < -0.39 is 10.5 Å². The Labute approximate surface area is 164 Å². The van der Waals surface area contributed by atoms with Crippen molar-refractivity contribution < 1.29 is 9.66 Å². The Balaban J connectivity index is 2.00. The summed E-state index contributed by atoms with van der Waals surface area (Å²) in [6.07, 6.45) is 6.92. The molecule has 1 saturated heterocycles. The van der Waals surface area contributed by atoms with Gasteiger partial charge in [-0.2, -0.15) is 0 Å². The highest BCUT2D eigenvalue weighted by Crippen LogP contribution is 2.33. The van der Waals surface area contributed by atoms with Gasteiger partial charge in [0.2, 0.25) is 0 Å². The predicted octanol–water partition coefficient (Wildman–Crippen LogP) is 1.61. The average molecular weight is 388 g/mol. The van der Waals surface area contributed by atoms with Crippen molar-refractivity contribution in [3.8, 4) is 0 Å². The van der Waals surface area contributed by atoms with Gasteiger partial charge >= 0.3 is 0 Å². The lowest BCUT2D eigenvalue weighted by Crippen LogP contribution is -2.41. The van der Waals surface area contributed by atoms with Gasteiger partial charge in [-0.05, 0) is 25.3 Å². The van der Waals surface area contributed by atoms with E-state index in [0.717, 1.165) is 43.7 Å². The summed E-state index contributed by atoms with van der Waals surface area (Å²) < 4.78 is 5.36. The molecule has 9 nitrogen and oxygen atoms in total. The van der Waals surface area contributed by atoms with Crippen LogP contribution in [0.25, 0.3) is 0 Å². The molecule has 28 heavy (non-hydrogen) atoms. The largest absolute Gasteiger partial charge is 0.393 e. The van der Waals surface area contributed by atoms with Crippen LogP contribution in [-0.2, 0) is 16.7 Å². The number of nitrogens with two attached hydrogens (primary N) is 2. The van der Waals surface area contributed by atoms with E-state index in [4.69, 9.17) is 21.2 Å². The van der Waals surface area contributed by atoms with Crippen molar-refractivity contribution in [1.29, 1.82) is 0 Å². The highest BCUT2D eigenvalue weighted by Gasteiger charge is 2.38. The SMILES string of the molecule is CCCc1cc(N2CCCC2COC)nc(C2(N)C=CC(N)=C([N+](=O)[O-])C2)n1. The van der Waals surface area contributed by atoms with Crippen LogP contribution >= 0.6 is 0 Å². The monoisotopic (exact) mass is 388 g/mol. The van der Waals surface area contributed by atoms with E-state index in [2.05, 4.69) is 16.8 Å². The van der Waals surface area contributed by atoms with Crippen molar-refractivity contribution in [2.45, 2.75) is 50.6 Å². The third kappa shape index (κ3) is 4.00. The molecule has 1 aromatic rings. The summed E-state index contributed by atoms with van der Waals surface area (Å²) in [5, 5.41) is 11.4.